The summed E-state index contributed by atoms with van der Waals surface area (Å²) < 4.78 is 15.0. The Labute approximate surface area is 178 Å². The lowest BCUT2D eigenvalue weighted by Gasteiger charge is -2.18. The zero-order valence-electron chi connectivity index (χ0n) is 16.6. The maximum absolute atomic E-state index is 15.0. The van der Waals surface area contributed by atoms with Gasteiger partial charge in [0.2, 0.25) is 5.91 Å². The summed E-state index contributed by atoms with van der Waals surface area (Å²) in [7, 11) is 0. The number of nitrogens with one attached hydrogen (secondary N) is 2. The van der Waals surface area contributed by atoms with E-state index in [0.717, 1.165) is 0 Å². The molecule has 1 unspecified atom stereocenters. The summed E-state index contributed by atoms with van der Waals surface area (Å²) in [5, 5.41) is 9.88. The number of nitrogens with two attached hydrogens (primary N) is 1. The molecule has 1 heterocycles. The summed E-state index contributed by atoms with van der Waals surface area (Å²) in [5.41, 5.74) is 7.20. The zero-order chi connectivity index (χ0) is 21.8. The second-order valence-corrected chi connectivity index (χ2v) is 7.71. The minimum atomic E-state index is -0.691. The second kappa shape index (κ2) is 9.09. The number of rotatable bonds is 7. The Bertz CT molecular complexity index is 1080. The molecule has 0 fully saturated rings. The van der Waals surface area contributed by atoms with Gasteiger partial charge in [-0.05, 0) is 35.2 Å². The van der Waals surface area contributed by atoms with Crippen molar-refractivity contribution in [2.45, 2.75) is 32.2 Å². The van der Waals surface area contributed by atoms with E-state index in [9.17, 15) is 9.59 Å². The van der Waals surface area contributed by atoms with E-state index in [1.54, 1.807) is 42.5 Å². The molecule has 1 atom stereocenters. The number of aromatic amines is 1. The van der Waals surface area contributed by atoms with Crippen LogP contribution in [0.25, 0.3) is 11.3 Å². The van der Waals surface area contributed by atoms with E-state index < -0.39 is 23.7 Å². The largest absolute Gasteiger partial charge is 0.370 e. The van der Waals surface area contributed by atoms with Crippen molar-refractivity contribution in [2.75, 3.05) is 0 Å². The van der Waals surface area contributed by atoms with E-state index in [2.05, 4.69) is 15.5 Å². The van der Waals surface area contributed by atoms with Crippen molar-refractivity contribution in [3.8, 4) is 11.3 Å². The highest BCUT2D eigenvalue weighted by molar-refractivity contribution is 6.30. The summed E-state index contributed by atoms with van der Waals surface area (Å²) in [6, 6.07) is 11.1. The molecule has 156 valence electrons. The first kappa shape index (κ1) is 21.5. The molecule has 3 rings (SSSR count). The maximum Gasteiger partial charge on any atom is 0.255 e. The molecule has 30 heavy (non-hydrogen) atoms. The van der Waals surface area contributed by atoms with E-state index in [0.29, 0.717) is 16.1 Å². The van der Waals surface area contributed by atoms with Crippen LogP contribution in [0.1, 0.15) is 53.7 Å². The van der Waals surface area contributed by atoms with Crippen molar-refractivity contribution in [3.63, 3.8) is 0 Å². The van der Waals surface area contributed by atoms with Gasteiger partial charge in [0.15, 0.2) is 0 Å². The molecule has 0 bridgehead atoms. The maximum atomic E-state index is 15.0. The molecule has 1 aromatic heterocycles. The van der Waals surface area contributed by atoms with Crippen molar-refractivity contribution in [2.24, 2.45) is 5.73 Å². The first-order valence-electron chi connectivity index (χ1n) is 9.44. The molecule has 2 aromatic carbocycles. The molecule has 0 aliphatic rings. The van der Waals surface area contributed by atoms with E-state index in [4.69, 9.17) is 17.3 Å². The Balaban J connectivity index is 1.94. The van der Waals surface area contributed by atoms with Gasteiger partial charge < -0.3 is 11.1 Å². The fraction of sp³-hybridized carbons (Fsp3) is 0.227. The number of halogens is 2. The molecule has 0 spiro atoms. The number of carbonyl (C=O) groups excluding carboxylic acids is 2. The van der Waals surface area contributed by atoms with Crippen molar-refractivity contribution < 1.29 is 14.0 Å². The van der Waals surface area contributed by atoms with Crippen LogP contribution in [0.5, 0.6) is 0 Å². The first-order valence-corrected chi connectivity index (χ1v) is 9.82. The molecule has 3 aromatic rings. The van der Waals surface area contributed by atoms with Gasteiger partial charge in [-0.1, -0.05) is 49.7 Å². The molecule has 4 N–H and O–H groups in total. The van der Waals surface area contributed by atoms with Crippen molar-refractivity contribution >= 4 is 23.4 Å². The van der Waals surface area contributed by atoms with E-state index in [-0.39, 0.29) is 29.2 Å². The van der Waals surface area contributed by atoms with E-state index in [1.807, 2.05) is 13.8 Å². The molecule has 0 aliphatic carbocycles. The topological polar surface area (TPSA) is 101 Å². The van der Waals surface area contributed by atoms with Crippen LogP contribution >= 0.6 is 11.6 Å². The Kier molecular flexibility index (Phi) is 6.52. The SMILES string of the molecule is CC(C)c1cccc(-c2[nH]ncc2C(=O)NC(CC(N)=O)c2cccc(Cl)c2)c1F. The van der Waals surface area contributed by atoms with Gasteiger partial charge in [0.1, 0.15) is 5.82 Å². The molecule has 0 saturated heterocycles. The van der Waals surface area contributed by atoms with Crippen LogP contribution in [0.3, 0.4) is 0 Å². The lowest BCUT2D eigenvalue weighted by atomic mass is 9.97. The minimum absolute atomic E-state index is 0.0204. The van der Waals surface area contributed by atoms with Gasteiger partial charge >= 0.3 is 0 Å². The highest BCUT2D eigenvalue weighted by atomic mass is 35.5. The molecule has 6 nitrogen and oxygen atoms in total. The third-order valence-corrected chi connectivity index (χ3v) is 5.00. The van der Waals surface area contributed by atoms with Crippen LogP contribution in [0.2, 0.25) is 5.02 Å². The fourth-order valence-corrected chi connectivity index (χ4v) is 3.46. The summed E-state index contributed by atoms with van der Waals surface area (Å²) in [5.74, 6) is -1.52. The van der Waals surface area contributed by atoms with E-state index >= 15 is 4.39 Å². The third-order valence-electron chi connectivity index (χ3n) is 4.77. The van der Waals surface area contributed by atoms with Gasteiger partial charge in [0.25, 0.3) is 5.91 Å². The van der Waals surface area contributed by atoms with Crippen LogP contribution in [-0.2, 0) is 4.79 Å². The lowest BCUT2D eigenvalue weighted by Crippen LogP contribution is -2.32. The average molecular weight is 429 g/mol. The number of amides is 2. The summed E-state index contributed by atoms with van der Waals surface area (Å²) in [6.45, 7) is 3.78. The number of primary amides is 1. The van der Waals surface area contributed by atoms with E-state index in [1.165, 1.54) is 6.20 Å². The fourth-order valence-electron chi connectivity index (χ4n) is 3.27. The smallest absolute Gasteiger partial charge is 0.255 e. The summed E-state index contributed by atoms with van der Waals surface area (Å²) in [6.07, 6.45) is 1.21. The Morgan fingerprint density at radius 3 is 2.63 bits per heavy atom. The number of hydrogen-bond acceptors (Lipinski definition) is 3. The van der Waals surface area contributed by atoms with Crippen molar-refractivity contribution in [1.29, 1.82) is 0 Å². The normalized spacial score (nSPS) is 12.0. The van der Waals surface area contributed by atoms with Gasteiger partial charge in [0.05, 0.1) is 29.9 Å². The van der Waals surface area contributed by atoms with Crippen molar-refractivity contribution in [1.82, 2.24) is 15.5 Å². The van der Waals surface area contributed by atoms with Crippen LogP contribution in [0, 0.1) is 5.82 Å². The van der Waals surface area contributed by atoms with Crippen LogP contribution in [-0.4, -0.2) is 22.0 Å². The third kappa shape index (κ3) is 4.68. The number of H-pyrrole nitrogens is 1. The van der Waals surface area contributed by atoms with Gasteiger partial charge in [-0.3, -0.25) is 14.7 Å². The second-order valence-electron chi connectivity index (χ2n) is 7.27. The average Bonchev–Trinajstić information content (AvgIpc) is 3.16. The predicted octanol–water partition coefficient (Wildman–Crippen LogP) is 4.34. The summed E-state index contributed by atoms with van der Waals surface area (Å²) in [4.78, 5) is 24.5. The van der Waals surface area contributed by atoms with Crippen LogP contribution in [0.15, 0.2) is 48.7 Å². The monoisotopic (exact) mass is 428 g/mol. The molecule has 0 aliphatic heterocycles. The van der Waals surface area contributed by atoms with Crippen molar-refractivity contribution in [3.05, 3.63) is 76.2 Å². The minimum Gasteiger partial charge on any atom is -0.370 e. The number of benzene rings is 2. The standard InChI is InChI=1S/C22H22ClFN4O2/c1-12(2)15-7-4-8-16(20(15)24)21-17(11-26-28-21)22(30)27-18(10-19(25)29)13-5-3-6-14(23)9-13/h3-9,11-12,18H,10H2,1-2H3,(H2,25,29)(H,26,28)(H,27,30). The van der Waals surface area contributed by atoms with Gasteiger partial charge in [-0.15, -0.1) is 0 Å². The molecule has 0 saturated carbocycles. The Morgan fingerprint density at radius 2 is 1.97 bits per heavy atom. The number of carbonyl (C=O) groups is 2. The van der Waals surface area contributed by atoms with Crippen LogP contribution < -0.4 is 11.1 Å². The number of nitrogens with zero attached hydrogens (tertiary/aromatic N) is 1. The summed E-state index contributed by atoms with van der Waals surface area (Å²) >= 11 is 6.04. The van der Waals surface area contributed by atoms with Gasteiger partial charge in [-0.25, -0.2) is 4.39 Å². The first-order chi connectivity index (χ1) is 14.3. The predicted molar refractivity (Wildman–Crippen MR) is 114 cm³/mol. The highest BCUT2D eigenvalue weighted by Gasteiger charge is 2.23. The molecule has 8 heteroatoms. The molecule has 0 radical (unpaired) electrons. The highest BCUT2D eigenvalue weighted by Crippen LogP contribution is 2.30. The number of aromatic nitrogens is 2. The molecular weight excluding hydrogens is 407 g/mol. The Morgan fingerprint density at radius 1 is 1.23 bits per heavy atom. The molecule has 2 amide bonds. The van der Waals surface area contributed by atoms with Crippen LogP contribution in [0.4, 0.5) is 4.39 Å². The molecular formula is C22H22ClFN4O2. The lowest BCUT2D eigenvalue weighted by molar-refractivity contribution is -0.118. The Hall–Kier alpha value is -3.19. The zero-order valence-corrected chi connectivity index (χ0v) is 17.3. The quantitative estimate of drug-likeness (QED) is 0.521. The number of hydrogen-bond donors (Lipinski definition) is 3. The van der Waals surface area contributed by atoms with Gasteiger partial charge in [0, 0.05) is 10.6 Å². The van der Waals surface area contributed by atoms with Gasteiger partial charge in [-0.2, -0.15) is 5.10 Å².